The molecule has 1 aliphatic rings. The van der Waals surface area contributed by atoms with Gasteiger partial charge in [0.2, 0.25) is 10.0 Å². The van der Waals surface area contributed by atoms with Crippen molar-refractivity contribution in [3.63, 3.8) is 0 Å². The molecule has 0 spiro atoms. The quantitative estimate of drug-likeness (QED) is 0.637. The molecule has 2 heterocycles. The Kier molecular flexibility index (Phi) is 5.91. The molecule has 0 saturated carbocycles. The van der Waals surface area contributed by atoms with Gasteiger partial charge in [0.05, 0.1) is 21.6 Å². The van der Waals surface area contributed by atoms with Crippen LogP contribution in [0.4, 0.5) is 26.3 Å². The number of carbonyl (C=O) groups is 1. The zero-order chi connectivity index (χ0) is 22.3. The van der Waals surface area contributed by atoms with Gasteiger partial charge >= 0.3 is 12.4 Å². The van der Waals surface area contributed by atoms with E-state index in [1.807, 2.05) is 0 Å². The number of halogens is 6. The first-order valence-corrected chi connectivity index (χ1v) is 10.8. The normalized spacial score (nSPS) is 16.7. The molecule has 0 unspecified atom stereocenters. The maximum absolute atomic E-state index is 13.0. The van der Waals surface area contributed by atoms with Crippen molar-refractivity contribution in [3.05, 3.63) is 51.7 Å². The number of alkyl halides is 6. The molecule has 1 aromatic heterocycles. The fourth-order valence-corrected chi connectivity index (χ4v) is 5.05. The van der Waals surface area contributed by atoms with Crippen molar-refractivity contribution in [1.82, 2.24) is 9.21 Å². The first kappa shape index (κ1) is 22.6. The van der Waals surface area contributed by atoms with Crippen LogP contribution in [-0.4, -0.2) is 49.7 Å². The molecule has 13 heteroatoms. The van der Waals surface area contributed by atoms with Gasteiger partial charge in [-0.3, -0.25) is 4.79 Å². The molecular formula is C17H14F6N2O3S2. The monoisotopic (exact) mass is 472 g/mol. The second-order valence-electron chi connectivity index (χ2n) is 6.45. The molecular weight excluding hydrogens is 458 g/mol. The van der Waals surface area contributed by atoms with Crippen LogP contribution in [0.1, 0.15) is 21.5 Å². The summed E-state index contributed by atoms with van der Waals surface area (Å²) in [7, 11) is -4.63. The average molecular weight is 472 g/mol. The molecule has 1 saturated heterocycles. The Bertz CT molecular complexity index is 992. The Labute approximate surface area is 171 Å². The lowest BCUT2D eigenvalue weighted by Gasteiger charge is -2.34. The minimum atomic E-state index is -5.16. The Morgan fingerprint density at radius 2 is 1.43 bits per heavy atom. The Balaban J connectivity index is 1.86. The Hall–Kier alpha value is -2.12. The van der Waals surface area contributed by atoms with Crippen molar-refractivity contribution in [1.29, 1.82) is 0 Å². The molecule has 3 rings (SSSR count). The van der Waals surface area contributed by atoms with Crippen molar-refractivity contribution in [2.45, 2.75) is 17.2 Å². The summed E-state index contributed by atoms with van der Waals surface area (Å²) in [6.07, 6.45) is -10.3. The predicted octanol–water partition coefficient (Wildman–Crippen LogP) is 3.93. The van der Waals surface area contributed by atoms with Gasteiger partial charge in [-0.2, -0.15) is 42.0 Å². The third kappa shape index (κ3) is 4.62. The van der Waals surface area contributed by atoms with Crippen molar-refractivity contribution in [2.75, 3.05) is 26.2 Å². The first-order chi connectivity index (χ1) is 13.8. The summed E-state index contributed by atoms with van der Waals surface area (Å²) in [5.41, 5.74) is -2.99. The van der Waals surface area contributed by atoms with Crippen molar-refractivity contribution in [3.8, 4) is 0 Å². The topological polar surface area (TPSA) is 57.7 Å². The highest BCUT2D eigenvalue weighted by Gasteiger charge is 2.39. The van der Waals surface area contributed by atoms with E-state index in [-0.39, 0.29) is 50.3 Å². The van der Waals surface area contributed by atoms with Crippen LogP contribution in [0.25, 0.3) is 0 Å². The molecule has 0 N–H and O–H groups in total. The van der Waals surface area contributed by atoms with Crippen LogP contribution >= 0.6 is 11.3 Å². The van der Waals surface area contributed by atoms with E-state index in [9.17, 15) is 39.6 Å². The van der Waals surface area contributed by atoms with Gasteiger partial charge in [0.15, 0.2) is 0 Å². The summed E-state index contributed by atoms with van der Waals surface area (Å²) in [5, 5.41) is 3.31. The first-order valence-electron chi connectivity index (χ1n) is 8.41. The third-order valence-corrected chi connectivity index (χ3v) is 7.05. The number of piperazine rings is 1. The van der Waals surface area contributed by atoms with Crippen molar-refractivity contribution in [2.24, 2.45) is 0 Å². The van der Waals surface area contributed by atoms with E-state index in [2.05, 4.69) is 0 Å². The minimum absolute atomic E-state index is 0.0427. The van der Waals surface area contributed by atoms with E-state index in [0.717, 1.165) is 4.31 Å². The van der Waals surface area contributed by atoms with Gasteiger partial charge in [0.1, 0.15) is 0 Å². The van der Waals surface area contributed by atoms with Crippen LogP contribution < -0.4 is 0 Å². The zero-order valence-electron chi connectivity index (χ0n) is 15.0. The standard InChI is InChI=1S/C17H14F6N2O3S2/c18-16(19,20)12-7-13(17(21,22)23)9-14(8-12)30(27,28)25-4-2-24(3-5-25)15(26)11-1-6-29-10-11/h1,6-10H,2-5H2. The number of benzene rings is 1. The SMILES string of the molecule is O=C(c1ccsc1)N1CCN(S(=O)(=O)c2cc(C(F)(F)F)cc(C(F)(F)F)c2)CC1. The highest BCUT2D eigenvalue weighted by molar-refractivity contribution is 7.89. The summed E-state index contributed by atoms with van der Waals surface area (Å²) in [6.45, 7) is -0.594. The number of nitrogens with zero attached hydrogens (tertiary/aromatic N) is 2. The maximum atomic E-state index is 13.0. The van der Waals surface area contributed by atoms with E-state index in [0.29, 0.717) is 5.56 Å². The van der Waals surface area contributed by atoms with Crippen LogP contribution in [-0.2, 0) is 22.4 Å². The number of hydrogen-bond acceptors (Lipinski definition) is 4. The smallest absolute Gasteiger partial charge is 0.336 e. The Morgan fingerprint density at radius 3 is 1.87 bits per heavy atom. The van der Waals surface area contributed by atoms with Gasteiger partial charge in [-0.15, -0.1) is 0 Å². The molecule has 164 valence electrons. The molecule has 2 aromatic rings. The summed E-state index contributed by atoms with van der Waals surface area (Å²) in [5.74, 6) is -0.327. The number of hydrogen-bond donors (Lipinski definition) is 0. The van der Waals surface area contributed by atoms with Crippen molar-refractivity contribution < 1.29 is 39.6 Å². The lowest BCUT2D eigenvalue weighted by molar-refractivity contribution is -0.143. The average Bonchev–Trinajstić information content (AvgIpc) is 3.20. The van der Waals surface area contributed by atoms with E-state index in [1.54, 1.807) is 16.8 Å². The summed E-state index contributed by atoms with van der Waals surface area (Å²) < 4.78 is 104. The molecule has 5 nitrogen and oxygen atoms in total. The predicted molar refractivity (Wildman–Crippen MR) is 95.4 cm³/mol. The fraction of sp³-hybridized carbons (Fsp3) is 0.353. The molecule has 1 aliphatic heterocycles. The molecule has 1 aromatic carbocycles. The number of amides is 1. The third-order valence-electron chi connectivity index (χ3n) is 4.49. The lowest BCUT2D eigenvalue weighted by Crippen LogP contribution is -2.50. The van der Waals surface area contributed by atoms with Crippen LogP contribution in [0, 0.1) is 0 Å². The summed E-state index contributed by atoms with van der Waals surface area (Å²) in [6, 6.07) is 1.84. The van der Waals surface area contributed by atoms with Crippen LogP contribution in [0.3, 0.4) is 0 Å². The highest BCUT2D eigenvalue weighted by Crippen LogP contribution is 2.37. The number of thiophene rings is 1. The molecule has 0 radical (unpaired) electrons. The number of carbonyl (C=O) groups excluding carboxylic acids is 1. The van der Waals surface area contributed by atoms with Gasteiger partial charge in [0, 0.05) is 31.6 Å². The van der Waals surface area contributed by atoms with Gasteiger partial charge in [-0.1, -0.05) is 0 Å². The largest absolute Gasteiger partial charge is 0.416 e. The molecule has 0 atom stereocenters. The number of rotatable bonds is 3. The molecule has 1 fully saturated rings. The van der Waals surface area contributed by atoms with Crippen LogP contribution in [0.5, 0.6) is 0 Å². The summed E-state index contributed by atoms with van der Waals surface area (Å²) >= 11 is 1.30. The van der Waals surface area contributed by atoms with Gasteiger partial charge in [-0.25, -0.2) is 8.42 Å². The van der Waals surface area contributed by atoms with E-state index >= 15 is 0 Å². The Morgan fingerprint density at radius 1 is 0.900 bits per heavy atom. The van der Waals surface area contributed by atoms with Crippen LogP contribution in [0.2, 0.25) is 0 Å². The van der Waals surface area contributed by atoms with E-state index < -0.39 is 38.4 Å². The van der Waals surface area contributed by atoms with Crippen LogP contribution in [0.15, 0.2) is 39.9 Å². The molecule has 1 amide bonds. The second kappa shape index (κ2) is 7.85. The highest BCUT2D eigenvalue weighted by atomic mass is 32.2. The molecule has 0 bridgehead atoms. The van der Waals surface area contributed by atoms with E-state index in [1.165, 1.54) is 16.2 Å². The summed E-state index contributed by atoms with van der Waals surface area (Å²) in [4.78, 5) is 12.6. The molecule has 0 aliphatic carbocycles. The second-order valence-corrected chi connectivity index (χ2v) is 9.17. The van der Waals surface area contributed by atoms with Gasteiger partial charge < -0.3 is 4.90 Å². The van der Waals surface area contributed by atoms with Gasteiger partial charge in [-0.05, 0) is 29.6 Å². The fourth-order valence-electron chi connectivity index (χ4n) is 2.92. The zero-order valence-corrected chi connectivity index (χ0v) is 16.6. The van der Waals surface area contributed by atoms with E-state index in [4.69, 9.17) is 0 Å². The van der Waals surface area contributed by atoms with Crippen molar-refractivity contribution >= 4 is 27.3 Å². The number of sulfonamides is 1. The maximum Gasteiger partial charge on any atom is 0.416 e. The molecule has 30 heavy (non-hydrogen) atoms. The lowest BCUT2D eigenvalue weighted by atomic mass is 10.1. The minimum Gasteiger partial charge on any atom is -0.336 e. The van der Waals surface area contributed by atoms with Gasteiger partial charge in [0.25, 0.3) is 5.91 Å².